The summed E-state index contributed by atoms with van der Waals surface area (Å²) in [6.45, 7) is 0. The molecule has 0 heterocycles. The van der Waals surface area contributed by atoms with Gasteiger partial charge in [-0.25, -0.2) is 13.2 Å². The van der Waals surface area contributed by atoms with Crippen LogP contribution in [0.3, 0.4) is 0 Å². The number of hydrogen-bond acceptors (Lipinski definition) is 4. The van der Waals surface area contributed by atoms with E-state index in [0.29, 0.717) is 0 Å². The van der Waals surface area contributed by atoms with Gasteiger partial charge < -0.3 is 5.11 Å². The Hall–Kier alpha value is -1.29. The summed E-state index contributed by atoms with van der Waals surface area (Å²) in [4.78, 5) is 10.4. The van der Waals surface area contributed by atoms with E-state index < -0.39 is 26.5 Å². The minimum absolute atomic E-state index is 0.168. The quantitative estimate of drug-likeness (QED) is 0.919. The maximum absolute atomic E-state index is 11.6. The minimum Gasteiger partial charge on any atom is -0.478 e. The van der Waals surface area contributed by atoms with Crippen molar-refractivity contribution in [2.24, 2.45) is 0 Å². The van der Waals surface area contributed by atoms with E-state index in [-0.39, 0.29) is 15.6 Å². The van der Waals surface area contributed by atoms with Gasteiger partial charge in [0.1, 0.15) is 5.75 Å². The van der Waals surface area contributed by atoms with Crippen LogP contribution in [-0.4, -0.2) is 25.2 Å². The lowest BCUT2D eigenvalue weighted by molar-refractivity contribution is 0.0697. The third kappa shape index (κ3) is 2.88. The Morgan fingerprint density at radius 3 is 2.41 bits per heavy atom. The van der Waals surface area contributed by atoms with Gasteiger partial charge in [-0.15, -0.1) is 0 Å². The SMILES string of the molecule is N#CCS(=O)(=O)c1cc(C(=O)O)c(Cl)cc1Cl. The molecule has 0 unspecified atom stereocenters. The molecule has 1 N–H and O–H groups in total. The summed E-state index contributed by atoms with van der Waals surface area (Å²) in [6.07, 6.45) is 0. The van der Waals surface area contributed by atoms with Gasteiger partial charge in [0, 0.05) is 0 Å². The molecule has 0 aliphatic heterocycles. The number of nitrogens with zero attached hydrogens (tertiary/aromatic N) is 1. The molecule has 1 aromatic carbocycles. The van der Waals surface area contributed by atoms with Gasteiger partial charge in [-0.1, -0.05) is 23.2 Å². The zero-order valence-corrected chi connectivity index (χ0v) is 10.5. The molecule has 0 saturated carbocycles. The number of hydrogen-bond donors (Lipinski definition) is 1. The first-order chi connectivity index (χ1) is 7.79. The minimum atomic E-state index is -3.93. The molecule has 0 radical (unpaired) electrons. The van der Waals surface area contributed by atoms with E-state index in [1.165, 1.54) is 6.07 Å². The zero-order valence-electron chi connectivity index (χ0n) is 8.15. The highest BCUT2D eigenvalue weighted by atomic mass is 35.5. The van der Waals surface area contributed by atoms with E-state index >= 15 is 0 Å². The van der Waals surface area contributed by atoms with Crippen LogP contribution in [0.25, 0.3) is 0 Å². The Kier molecular flexibility index (Phi) is 3.98. The lowest BCUT2D eigenvalue weighted by Gasteiger charge is -2.06. The molecule has 0 saturated heterocycles. The second-order valence-corrected chi connectivity index (χ2v) is 5.76. The number of nitriles is 1. The molecule has 17 heavy (non-hydrogen) atoms. The first-order valence-corrected chi connectivity index (χ1v) is 6.52. The largest absolute Gasteiger partial charge is 0.478 e. The topological polar surface area (TPSA) is 95.2 Å². The second-order valence-electron chi connectivity index (χ2n) is 2.98. The van der Waals surface area contributed by atoms with Crippen molar-refractivity contribution in [1.82, 2.24) is 0 Å². The first kappa shape index (κ1) is 13.8. The molecule has 1 aromatic rings. The molecule has 0 aliphatic rings. The van der Waals surface area contributed by atoms with Crippen LogP contribution >= 0.6 is 23.2 Å². The number of aromatic carboxylic acids is 1. The molecule has 90 valence electrons. The smallest absolute Gasteiger partial charge is 0.337 e. The highest BCUT2D eigenvalue weighted by Crippen LogP contribution is 2.29. The first-order valence-electron chi connectivity index (χ1n) is 4.11. The summed E-state index contributed by atoms with van der Waals surface area (Å²) in [7, 11) is -3.93. The summed E-state index contributed by atoms with van der Waals surface area (Å²) in [5.41, 5.74) is -0.382. The monoisotopic (exact) mass is 293 g/mol. The van der Waals surface area contributed by atoms with Gasteiger partial charge in [0.2, 0.25) is 0 Å². The standard InChI is InChI=1S/C9H5Cl2NO4S/c10-6-4-7(11)8(3-5(6)9(13)14)17(15,16)2-1-12/h3-4H,2H2,(H,13,14). The third-order valence-corrected chi connectivity index (χ3v) is 4.10. The molecule has 0 atom stereocenters. The van der Waals surface area contributed by atoms with Crippen molar-refractivity contribution >= 4 is 39.0 Å². The fourth-order valence-electron chi connectivity index (χ4n) is 1.09. The van der Waals surface area contributed by atoms with Crippen molar-refractivity contribution < 1.29 is 18.3 Å². The van der Waals surface area contributed by atoms with Gasteiger partial charge in [-0.2, -0.15) is 5.26 Å². The van der Waals surface area contributed by atoms with Gasteiger partial charge >= 0.3 is 5.97 Å². The molecule has 5 nitrogen and oxygen atoms in total. The van der Waals surface area contributed by atoms with Crippen molar-refractivity contribution in [2.75, 3.05) is 5.75 Å². The van der Waals surface area contributed by atoms with E-state index in [1.807, 2.05) is 0 Å². The van der Waals surface area contributed by atoms with Crippen molar-refractivity contribution in [3.8, 4) is 6.07 Å². The average molecular weight is 294 g/mol. The van der Waals surface area contributed by atoms with Gasteiger partial charge in [-0.05, 0) is 12.1 Å². The van der Waals surface area contributed by atoms with Crippen LogP contribution in [0.4, 0.5) is 0 Å². The van der Waals surface area contributed by atoms with E-state index in [2.05, 4.69) is 0 Å². The Bertz CT molecular complexity index is 619. The van der Waals surface area contributed by atoms with Crippen LogP contribution in [0.15, 0.2) is 17.0 Å². The van der Waals surface area contributed by atoms with Crippen LogP contribution in [0.1, 0.15) is 10.4 Å². The molecule has 8 heteroatoms. The third-order valence-electron chi connectivity index (χ3n) is 1.84. The van der Waals surface area contributed by atoms with Gasteiger partial charge in [0.25, 0.3) is 0 Å². The van der Waals surface area contributed by atoms with Crippen molar-refractivity contribution in [3.63, 3.8) is 0 Å². The molecular formula is C9H5Cl2NO4S. The normalized spacial score (nSPS) is 10.9. The number of benzene rings is 1. The number of carboxylic acid groups (broad SMARTS) is 1. The van der Waals surface area contributed by atoms with Crippen molar-refractivity contribution in [3.05, 3.63) is 27.7 Å². The predicted molar refractivity (Wildman–Crippen MR) is 61.1 cm³/mol. The van der Waals surface area contributed by atoms with Crippen LogP contribution < -0.4 is 0 Å². The van der Waals surface area contributed by atoms with E-state index in [1.54, 1.807) is 0 Å². The summed E-state index contributed by atoms with van der Waals surface area (Å²) >= 11 is 11.3. The molecule has 0 aliphatic carbocycles. The van der Waals surface area contributed by atoms with Crippen LogP contribution in [0.5, 0.6) is 0 Å². The fourth-order valence-corrected chi connectivity index (χ4v) is 2.89. The van der Waals surface area contributed by atoms with E-state index in [0.717, 1.165) is 12.1 Å². The predicted octanol–water partition coefficient (Wildman–Crippen LogP) is 1.99. The van der Waals surface area contributed by atoms with Gasteiger partial charge in [0.05, 0.1) is 26.6 Å². The molecule has 0 spiro atoms. The van der Waals surface area contributed by atoms with E-state index in [9.17, 15) is 13.2 Å². The van der Waals surface area contributed by atoms with Crippen LogP contribution in [0.2, 0.25) is 10.0 Å². The summed E-state index contributed by atoms with van der Waals surface area (Å²) < 4.78 is 23.2. The Labute approximate surface area is 107 Å². The maximum atomic E-state index is 11.6. The second kappa shape index (κ2) is 4.92. The van der Waals surface area contributed by atoms with Crippen LogP contribution in [-0.2, 0) is 9.84 Å². The number of carboxylic acids is 1. The summed E-state index contributed by atoms with van der Waals surface area (Å²) in [5, 5.41) is 16.8. The maximum Gasteiger partial charge on any atom is 0.337 e. The lowest BCUT2D eigenvalue weighted by Crippen LogP contribution is -2.08. The van der Waals surface area contributed by atoms with Crippen molar-refractivity contribution in [1.29, 1.82) is 5.26 Å². The lowest BCUT2D eigenvalue weighted by atomic mass is 10.2. The number of carbonyl (C=O) groups is 1. The van der Waals surface area contributed by atoms with Gasteiger partial charge in [0.15, 0.2) is 9.84 Å². The molecule has 0 fully saturated rings. The Morgan fingerprint density at radius 2 is 1.94 bits per heavy atom. The Balaban J connectivity index is 3.52. The highest BCUT2D eigenvalue weighted by molar-refractivity contribution is 7.91. The number of rotatable bonds is 3. The molecule has 0 amide bonds. The zero-order chi connectivity index (χ0) is 13.2. The summed E-state index contributed by atoms with van der Waals surface area (Å²) in [5.74, 6) is -2.16. The van der Waals surface area contributed by atoms with Gasteiger partial charge in [-0.3, -0.25) is 0 Å². The average Bonchev–Trinajstić information content (AvgIpc) is 2.15. The number of halogens is 2. The fraction of sp³-hybridized carbons (Fsp3) is 0.111. The summed E-state index contributed by atoms with van der Waals surface area (Å²) in [6, 6.07) is 3.34. The number of sulfone groups is 1. The molecule has 0 aromatic heterocycles. The van der Waals surface area contributed by atoms with Crippen LogP contribution in [0, 0.1) is 11.3 Å². The Morgan fingerprint density at radius 1 is 1.35 bits per heavy atom. The van der Waals surface area contributed by atoms with Crippen molar-refractivity contribution in [2.45, 2.75) is 4.90 Å². The highest BCUT2D eigenvalue weighted by Gasteiger charge is 2.22. The van der Waals surface area contributed by atoms with E-state index in [4.69, 9.17) is 33.6 Å². The molecular weight excluding hydrogens is 289 g/mol. The molecule has 1 rings (SSSR count). The molecule has 0 bridgehead atoms.